The van der Waals surface area contributed by atoms with Crippen LogP contribution < -0.4 is 15.5 Å². The van der Waals surface area contributed by atoms with Crippen LogP contribution in [0.4, 0.5) is 21.8 Å². The van der Waals surface area contributed by atoms with Crippen LogP contribution in [0.3, 0.4) is 0 Å². The van der Waals surface area contributed by atoms with E-state index >= 15 is 0 Å². The third-order valence-electron chi connectivity index (χ3n) is 6.28. The van der Waals surface area contributed by atoms with Crippen LogP contribution in [0.2, 0.25) is 0 Å². The summed E-state index contributed by atoms with van der Waals surface area (Å²) in [4.78, 5) is 21.6. The van der Waals surface area contributed by atoms with E-state index in [9.17, 15) is 14.5 Å². The van der Waals surface area contributed by atoms with E-state index in [1.165, 1.54) is 12.1 Å². The molecule has 0 bridgehead atoms. The van der Waals surface area contributed by atoms with E-state index in [-0.39, 0.29) is 11.3 Å². The number of para-hydroxylation sites is 1. The highest BCUT2D eigenvalue weighted by Gasteiger charge is 2.23. The average Bonchev–Trinajstić information content (AvgIpc) is 2.82. The number of fused-ring (bicyclic) bond motifs is 1. The lowest BCUT2D eigenvalue weighted by Gasteiger charge is -2.30. The minimum Gasteiger partial charge on any atom is -0.385 e. The summed E-state index contributed by atoms with van der Waals surface area (Å²) in [5.74, 6) is 1.33. The van der Waals surface area contributed by atoms with E-state index in [4.69, 9.17) is 9.97 Å². The molecular weight excluding hydrogens is 435 g/mol. The van der Waals surface area contributed by atoms with Crippen LogP contribution in [0.1, 0.15) is 31.2 Å². The van der Waals surface area contributed by atoms with Crippen molar-refractivity contribution in [2.45, 2.75) is 31.7 Å². The quantitative estimate of drug-likeness (QED) is 0.359. The summed E-state index contributed by atoms with van der Waals surface area (Å²) in [6, 6.07) is 11.9. The van der Waals surface area contributed by atoms with Crippen molar-refractivity contribution in [3.63, 3.8) is 0 Å². The van der Waals surface area contributed by atoms with Gasteiger partial charge in [-0.3, -0.25) is 10.1 Å². The van der Waals surface area contributed by atoms with Crippen molar-refractivity contribution in [1.82, 2.24) is 15.3 Å². The molecule has 1 saturated carbocycles. The normalized spacial score (nSPS) is 17.9. The Balaban J connectivity index is 1.31. The Hall–Kier alpha value is -3.75. The molecule has 0 aliphatic heterocycles. The second-order valence-corrected chi connectivity index (χ2v) is 8.93. The fourth-order valence-electron chi connectivity index (χ4n) is 4.38. The predicted octanol–water partition coefficient (Wildman–Crippen LogP) is 4.97. The molecule has 0 amide bonds. The highest BCUT2D eigenvalue weighted by atomic mass is 19.1. The van der Waals surface area contributed by atoms with Gasteiger partial charge < -0.3 is 15.5 Å². The second kappa shape index (κ2) is 10.0. The summed E-state index contributed by atoms with van der Waals surface area (Å²) in [6.45, 7) is 4.59. The topological polar surface area (TPSA) is 96.2 Å². The van der Waals surface area contributed by atoms with Gasteiger partial charge in [0.1, 0.15) is 11.6 Å². The highest BCUT2D eigenvalue weighted by molar-refractivity contribution is 5.90. The Morgan fingerprint density at radius 2 is 1.91 bits per heavy atom. The summed E-state index contributed by atoms with van der Waals surface area (Å²) >= 11 is 0. The summed E-state index contributed by atoms with van der Waals surface area (Å²) in [5, 5.41) is 18.5. The molecule has 4 rings (SSSR count). The molecule has 1 aliphatic rings. The number of nitrogens with zero attached hydrogens (tertiary/aromatic N) is 4. The average molecular weight is 465 g/mol. The van der Waals surface area contributed by atoms with Gasteiger partial charge in [0.15, 0.2) is 0 Å². The largest absolute Gasteiger partial charge is 0.385 e. The van der Waals surface area contributed by atoms with Crippen molar-refractivity contribution in [3.05, 3.63) is 70.5 Å². The summed E-state index contributed by atoms with van der Waals surface area (Å²) < 4.78 is 14.2. The molecule has 34 heavy (non-hydrogen) atoms. The number of nitro groups is 1. The van der Waals surface area contributed by atoms with E-state index < -0.39 is 10.7 Å². The van der Waals surface area contributed by atoms with Crippen LogP contribution >= 0.6 is 0 Å². The van der Waals surface area contributed by atoms with Crippen molar-refractivity contribution in [2.24, 2.45) is 5.92 Å². The van der Waals surface area contributed by atoms with Gasteiger partial charge in [0.2, 0.25) is 5.95 Å². The molecule has 0 saturated heterocycles. The third-order valence-corrected chi connectivity index (χ3v) is 6.28. The zero-order chi connectivity index (χ0) is 24.2. The lowest BCUT2D eigenvalue weighted by atomic mass is 9.86. The molecule has 2 N–H and O–H groups in total. The van der Waals surface area contributed by atoms with Crippen LogP contribution in [0.15, 0.2) is 49.0 Å². The maximum absolute atomic E-state index is 14.2. The fourth-order valence-corrected chi connectivity index (χ4v) is 4.38. The van der Waals surface area contributed by atoms with E-state index in [0.717, 1.165) is 48.5 Å². The molecule has 9 heteroatoms. The number of aromatic nitrogens is 2. The van der Waals surface area contributed by atoms with Gasteiger partial charge in [-0.25, -0.2) is 9.37 Å². The second-order valence-electron chi connectivity index (χ2n) is 8.93. The summed E-state index contributed by atoms with van der Waals surface area (Å²) in [6.07, 6.45) is 3.99. The first kappa shape index (κ1) is 23.4. The fraction of sp³-hybridized carbons (Fsp3) is 0.360. The first-order valence-corrected chi connectivity index (χ1v) is 11.4. The number of benzene rings is 2. The number of non-ortho nitro benzene ring substituents is 1. The Labute approximate surface area is 198 Å². The van der Waals surface area contributed by atoms with Crippen molar-refractivity contribution < 1.29 is 9.31 Å². The molecule has 0 unspecified atom stereocenters. The first-order chi connectivity index (χ1) is 16.3. The summed E-state index contributed by atoms with van der Waals surface area (Å²) in [5.41, 5.74) is 1.34. The smallest absolute Gasteiger partial charge is 0.272 e. The molecular formula is C25H29FN6O2. The molecule has 0 radical (unpaired) electrons. The van der Waals surface area contributed by atoms with Gasteiger partial charge in [-0.15, -0.1) is 0 Å². The zero-order valence-electron chi connectivity index (χ0n) is 19.4. The minimum absolute atomic E-state index is 0.256. The lowest BCUT2D eigenvalue weighted by molar-refractivity contribution is -0.385. The van der Waals surface area contributed by atoms with E-state index in [1.807, 2.05) is 43.3 Å². The van der Waals surface area contributed by atoms with Crippen molar-refractivity contribution in [2.75, 3.05) is 30.9 Å². The first-order valence-electron chi connectivity index (χ1n) is 11.4. The maximum atomic E-state index is 14.2. The molecule has 3 aromatic rings. The van der Waals surface area contributed by atoms with Crippen LogP contribution in [0, 0.1) is 21.8 Å². The standard InChI is InChI=1S/C25H29FN6O2/c1-16(20-13-12-19(32(33)34)14-22(20)26)27-15-17-8-10-18(11-9-17)28-25-29-23-7-5-4-6-21(23)24(30-25)31(2)3/h4-7,12-14,17-18,27H,1,8-11,15H2,2-3H3,(H,28,29,30). The molecule has 0 atom stereocenters. The SMILES string of the molecule is C=C(NCC1CCC(Nc2nc(N(C)C)c3ccccc3n2)CC1)c1ccc([N+](=O)[O-])cc1F. The van der Waals surface area contributed by atoms with Gasteiger partial charge in [-0.1, -0.05) is 18.7 Å². The van der Waals surface area contributed by atoms with Crippen LogP contribution in [-0.2, 0) is 0 Å². The molecule has 1 fully saturated rings. The molecule has 178 valence electrons. The number of halogens is 1. The van der Waals surface area contributed by atoms with Crippen LogP contribution in [-0.4, -0.2) is 41.6 Å². The Morgan fingerprint density at radius 1 is 1.18 bits per heavy atom. The Bertz CT molecular complexity index is 1210. The minimum atomic E-state index is -0.646. The molecule has 2 aromatic carbocycles. The number of nitrogens with one attached hydrogen (secondary N) is 2. The van der Waals surface area contributed by atoms with E-state index in [0.29, 0.717) is 30.1 Å². The number of rotatable bonds is 8. The van der Waals surface area contributed by atoms with Crippen molar-refractivity contribution in [1.29, 1.82) is 0 Å². The molecule has 8 nitrogen and oxygen atoms in total. The van der Waals surface area contributed by atoms with Crippen molar-refractivity contribution >= 4 is 34.1 Å². The van der Waals surface area contributed by atoms with Gasteiger partial charge in [-0.2, -0.15) is 4.98 Å². The monoisotopic (exact) mass is 464 g/mol. The maximum Gasteiger partial charge on any atom is 0.272 e. The third kappa shape index (κ3) is 5.24. The van der Waals surface area contributed by atoms with Gasteiger partial charge in [0.05, 0.1) is 16.5 Å². The van der Waals surface area contributed by atoms with E-state index in [1.54, 1.807) is 0 Å². The van der Waals surface area contributed by atoms with E-state index in [2.05, 4.69) is 17.2 Å². The molecule has 1 heterocycles. The number of anilines is 2. The van der Waals surface area contributed by atoms with Gasteiger partial charge in [-0.05, 0) is 49.8 Å². The van der Waals surface area contributed by atoms with Gasteiger partial charge >= 0.3 is 0 Å². The molecule has 0 spiro atoms. The number of nitro benzene ring substituents is 1. The molecule has 1 aromatic heterocycles. The lowest BCUT2D eigenvalue weighted by Crippen LogP contribution is -2.31. The summed E-state index contributed by atoms with van der Waals surface area (Å²) in [7, 11) is 3.96. The number of hydrogen-bond donors (Lipinski definition) is 2. The van der Waals surface area contributed by atoms with Gasteiger partial charge in [0.25, 0.3) is 5.69 Å². The highest BCUT2D eigenvalue weighted by Crippen LogP contribution is 2.29. The van der Waals surface area contributed by atoms with Crippen LogP contribution in [0.25, 0.3) is 16.6 Å². The zero-order valence-corrected chi connectivity index (χ0v) is 19.4. The van der Waals surface area contributed by atoms with Gasteiger partial charge in [0, 0.05) is 49.4 Å². The number of hydrogen-bond acceptors (Lipinski definition) is 7. The van der Waals surface area contributed by atoms with Crippen LogP contribution in [0.5, 0.6) is 0 Å². The predicted molar refractivity (Wildman–Crippen MR) is 133 cm³/mol. The van der Waals surface area contributed by atoms with Crippen molar-refractivity contribution in [3.8, 4) is 0 Å². The Kier molecular flexibility index (Phi) is 6.90. The molecule has 1 aliphatic carbocycles. The Morgan fingerprint density at radius 3 is 2.59 bits per heavy atom.